The number of hydrogen-bond acceptors (Lipinski definition) is 3. The lowest BCUT2D eigenvalue weighted by Gasteiger charge is -2.03. The Morgan fingerprint density at radius 2 is 2.14 bits per heavy atom. The van der Waals surface area contributed by atoms with E-state index < -0.39 is 0 Å². The molecule has 0 saturated carbocycles. The Labute approximate surface area is 87.8 Å². The van der Waals surface area contributed by atoms with Crippen molar-refractivity contribution in [3.63, 3.8) is 0 Å². The molecule has 4 heteroatoms. The molecule has 0 spiro atoms. The molecule has 3 nitrogen and oxygen atoms in total. The van der Waals surface area contributed by atoms with Crippen LogP contribution in [0.15, 0.2) is 35.2 Å². The van der Waals surface area contributed by atoms with Crippen LogP contribution in [0.3, 0.4) is 0 Å². The van der Waals surface area contributed by atoms with Crippen molar-refractivity contribution in [3.05, 3.63) is 30.3 Å². The van der Waals surface area contributed by atoms with Crippen LogP contribution >= 0.6 is 11.8 Å². The lowest BCUT2D eigenvalue weighted by Crippen LogP contribution is -2.25. The second-order valence-corrected chi connectivity index (χ2v) is 3.75. The number of hydrogen-bond donors (Lipinski definition) is 1. The number of ether oxygens (including phenoxy) is 1. The predicted molar refractivity (Wildman–Crippen MR) is 57.6 cm³/mol. The van der Waals surface area contributed by atoms with Crippen molar-refractivity contribution in [1.82, 2.24) is 5.32 Å². The van der Waals surface area contributed by atoms with Gasteiger partial charge in [0, 0.05) is 17.2 Å². The molecule has 0 fully saturated rings. The predicted octanol–water partition coefficient (Wildman–Crippen LogP) is 2.13. The van der Waals surface area contributed by atoms with Gasteiger partial charge in [0.05, 0.1) is 7.11 Å². The SMILES string of the molecule is COC(=O)NCCSc1ccccc1. The first kappa shape index (κ1) is 10.9. The number of benzene rings is 1. The Balaban J connectivity index is 2.13. The Bertz CT molecular complexity index is 277. The highest BCUT2D eigenvalue weighted by atomic mass is 32.2. The van der Waals surface area contributed by atoms with Crippen LogP contribution < -0.4 is 5.32 Å². The van der Waals surface area contributed by atoms with Gasteiger partial charge >= 0.3 is 6.09 Å². The largest absolute Gasteiger partial charge is 0.453 e. The molecule has 0 aliphatic carbocycles. The monoisotopic (exact) mass is 211 g/mol. The summed E-state index contributed by atoms with van der Waals surface area (Å²) in [6, 6.07) is 10.1. The van der Waals surface area contributed by atoms with Gasteiger partial charge in [-0.25, -0.2) is 4.79 Å². The molecule has 1 N–H and O–H groups in total. The quantitative estimate of drug-likeness (QED) is 0.612. The van der Waals surface area contributed by atoms with Gasteiger partial charge in [0.25, 0.3) is 0 Å². The maximum absolute atomic E-state index is 10.7. The Morgan fingerprint density at radius 1 is 1.43 bits per heavy atom. The van der Waals surface area contributed by atoms with Crippen LogP contribution in [-0.4, -0.2) is 25.5 Å². The highest BCUT2D eigenvalue weighted by molar-refractivity contribution is 7.99. The Hall–Kier alpha value is -1.16. The summed E-state index contributed by atoms with van der Waals surface area (Å²) >= 11 is 1.70. The molecular weight excluding hydrogens is 198 g/mol. The Morgan fingerprint density at radius 3 is 2.79 bits per heavy atom. The van der Waals surface area contributed by atoms with Gasteiger partial charge in [0.2, 0.25) is 0 Å². The fraction of sp³-hybridized carbons (Fsp3) is 0.300. The second-order valence-electron chi connectivity index (χ2n) is 2.58. The molecule has 76 valence electrons. The highest BCUT2D eigenvalue weighted by Gasteiger charge is 1.96. The summed E-state index contributed by atoms with van der Waals surface area (Å²) in [5, 5.41) is 2.62. The molecule has 0 aromatic heterocycles. The van der Waals surface area contributed by atoms with E-state index in [0.29, 0.717) is 6.54 Å². The maximum Gasteiger partial charge on any atom is 0.406 e. The minimum absolute atomic E-state index is 0.376. The fourth-order valence-electron chi connectivity index (χ4n) is 0.911. The molecule has 0 saturated heterocycles. The van der Waals surface area contributed by atoms with Crippen molar-refractivity contribution in [2.75, 3.05) is 19.4 Å². The average Bonchev–Trinajstić information content (AvgIpc) is 2.25. The normalized spacial score (nSPS) is 9.50. The van der Waals surface area contributed by atoms with Crippen molar-refractivity contribution in [3.8, 4) is 0 Å². The topological polar surface area (TPSA) is 38.3 Å². The number of carbonyl (C=O) groups is 1. The fourth-order valence-corrected chi connectivity index (χ4v) is 1.70. The minimum Gasteiger partial charge on any atom is -0.453 e. The van der Waals surface area contributed by atoms with Gasteiger partial charge in [-0.1, -0.05) is 18.2 Å². The van der Waals surface area contributed by atoms with E-state index in [-0.39, 0.29) is 6.09 Å². The van der Waals surface area contributed by atoms with Crippen molar-refractivity contribution in [1.29, 1.82) is 0 Å². The summed E-state index contributed by atoms with van der Waals surface area (Å²) < 4.78 is 4.44. The molecule has 0 atom stereocenters. The van der Waals surface area contributed by atoms with Gasteiger partial charge in [-0.05, 0) is 12.1 Å². The summed E-state index contributed by atoms with van der Waals surface area (Å²) in [5.41, 5.74) is 0. The number of carbonyl (C=O) groups excluding carboxylic acids is 1. The molecule has 1 rings (SSSR count). The van der Waals surface area contributed by atoms with E-state index in [4.69, 9.17) is 0 Å². The Kier molecular flexibility index (Phi) is 4.93. The molecule has 1 aromatic carbocycles. The van der Waals surface area contributed by atoms with Crippen molar-refractivity contribution >= 4 is 17.9 Å². The van der Waals surface area contributed by atoms with E-state index in [0.717, 1.165) is 5.75 Å². The van der Waals surface area contributed by atoms with Crippen LogP contribution in [0.25, 0.3) is 0 Å². The molecule has 0 aliphatic heterocycles. The maximum atomic E-state index is 10.7. The number of rotatable bonds is 4. The first-order valence-electron chi connectivity index (χ1n) is 4.32. The summed E-state index contributed by atoms with van der Waals surface area (Å²) in [5.74, 6) is 0.846. The summed E-state index contributed by atoms with van der Waals surface area (Å²) in [4.78, 5) is 11.9. The van der Waals surface area contributed by atoms with Crippen molar-refractivity contribution in [2.45, 2.75) is 4.90 Å². The second kappa shape index (κ2) is 6.32. The zero-order valence-corrected chi connectivity index (χ0v) is 8.84. The zero-order valence-electron chi connectivity index (χ0n) is 8.03. The number of alkyl carbamates (subject to hydrolysis) is 1. The third-order valence-electron chi connectivity index (χ3n) is 1.57. The van der Waals surface area contributed by atoms with E-state index in [2.05, 4.69) is 10.1 Å². The first-order valence-corrected chi connectivity index (χ1v) is 5.31. The minimum atomic E-state index is -0.376. The van der Waals surface area contributed by atoms with E-state index in [9.17, 15) is 4.79 Å². The van der Waals surface area contributed by atoms with E-state index >= 15 is 0 Å². The van der Waals surface area contributed by atoms with Crippen LogP contribution in [0.5, 0.6) is 0 Å². The van der Waals surface area contributed by atoms with Crippen molar-refractivity contribution in [2.24, 2.45) is 0 Å². The third-order valence-corrected chi connectivity index (χ3v) is 2.58. The average molecular weight is 211 g/mol. The molecule has 14 heavy (non-hydrogen) atoms. The van der Waals surface area contributed by atoms with Crippen LogP contribution in [0.1, 0.15) is 0 Å². The first-order chi connectivity index (χ1) is 6.83. The number of amides is 1. The molecule has 0 bridgehead atoms. The van der Waals surface area contributed by atoms with Crippen molar-refractivity contribution < 1.29 is 9.53 Å². The van der Waals surface area contributed by atoms with Crippen LogP contribution in [0.2, 0.25) is 0 Å². The van der Waals surface area contributed by atoms with Crippen LogP contribution in [0.4, 0.5) is 4.79 Å². The third kappa shape index (κ3) is 4.18. The number of nitrogens with one attached hydrogen (secondary N) is 1. The summed E-state index contributed by atoms with van der Waals surface area (Å²) in [6.45, 7) is 0.617. The van der Waals surface area contributed by atoms with Gasteiger partial charge in [-0.3, -0.25) is 0 Å². The van der Waals surface area contributed by atoms with Gasteiger partial charge in [0.1, 0.15) is 0 Å². The van der Waals surface area contributed by atoms with E-state index in [1.54, 1.807) is 11.8 Å². The molecule has 0 heterocycles. The van der Waals surface area contributed by atoms with Gasteiger partial charge < -0.3 is 10.1 Å². The zero-order chi connectivity index (χ0) is 10.2. The molecule has 0 aliphatic rings. The highest BCUT2D eigenvalue weighted by Crippen LogP contribution is 2.15. The van der Waals surface area contributed by atoms with Gasteiger partial charge in [-0.2, -0.15) is 0 Å². The van der Waals surface area contributed by atoms with Gasteiger partial charge in [-0.15, -0.1) is 11.8 Å². The number of thioether (sulfide) groups is 1. The number of methoxy groups -OCH3 is 1. The molecule has 1 aromatic rings. The van der Waals surface area contributed by atoms with E-state index in [1.807, 2.05) is 30.3 Å². The van der Waals surface area contributed by atoms with E-state index in [1.165, 1.54) is 12.0 Å². The molecule has 0 radical (unpaired) electrons. The lowest BCUT2D eigenvalue weighted by molar-refractivity contribution is 0.172. The summed E-state index contributed by atoms with van der Waals surface area (Å²) in [7, 11) is 1.36. The molecular formula is C10H13NO2S. The van der Waals surface area contributed by atoms with Gasteiger partial charge in [0.15, 0.2) is 0 Å². The molecule has 1 amide bonds. The standard InChI is InChI=1S/C10H13NO2S/c1-13-10(12)11-7-8-14-9-5-3-2-4-6-9/h2-6H,7-8H2,1H3,(H,11,12). The summed E-state index contributed by atoms with van der Waals surface area (Å²) in [6.07, 6.45) is -0.376. The van der Waals surface area contributed by atoms with Crippen LogP contribution in [0, 0.1) is 0 Å². The van der Waals surface area contributed by atoms with Crippen LogP contribution in [-0.2, 0) is 4.74 Å². The molecule has 0 unspecified atom stereocenters. The lowest BCUT2D eigenvalue weighted by atomic mass is 10.4. The smallest absolute Gasteiger partial charge is 0.406 e.